The Morgan fingerprint density at radius 3 is 2.41 bits per heavy atom. The van der Waals surface area contributed by atoms with Crippen molar-refractivity contribution < 1.29 is 14.7 Å². The van der Waals surface area contributed by atoms with Crippen LogP contribution in [0.4, 0.5) is 0 Å². The molecule has 0 atom stereocenters. The van der Waals surface area contributed by atoms with Crippen molar-refractivity contribution in [2.75, 3.05) is 39.3 Å². The quantitative estimate of drug-likeness (QED) is 0.778. The van der Waals surface area contributed by atoms with Gasteiger partial charge in [0.1, 0.15) is 5.70 Å². The van der Waals surface area contributed by atoms with Gasteiger partial charge in [-0.2, -0.15) is 0 Å². The molecule has 0 bridgehead atoms. The van der Waals surface area contributed by atoms with Crippen LogP contribution in [0, 0.1) is 0 Å². The Kier molecular flexibility index (Phi) is 5.61. The number of piperazine rings is 1. The van der Waals surface area contributed by atoms with Gasteiger partial charge in [-0.3, -0.25) is 19.4 Å². The Balaban J connectivity index is 1.63. The number of nitrogens with zero attached hydrogens (tertiary/aromatic N) is 3. The number of hydrogen-bond donors (Lipinski definition) is 1. The zero-order chi connectivity index (χ0) is 18.8. The van der Waals surface area contributed by atoms with Gasteiger partial charge in [0.05, 0.1) is 12.2 Å². The maximum Gasteiger partial charge on any atom is 0.278 e. The van der Waals surface area contributed by atoms with Crippen LogP contribution in [0.3, 0.4) is 0 Å². The number of carbonyl (C=O) groups excluding carboxylic acids is 2. The highest BCUT2D eigenvalue weighted by Crippen LogP contribution is 2.37. The number of aliphatic hydroxyl groups excluding tert-OH is 1. The van der Waals surface area contributed by atoms with E-state index in [2.05, 4.69) is 9.80 Å². The fourth-order valence-corrected chi connectivity index (χ4v) is 5.24. The molecule has 3 aliphatic rings. The Hall–Kier alpha value is -1.70. The second-order valence-corrected chi connectivity index (χ2v) is 8.47. The Morgan fingerprint density at radius 1 is 1.04 bits per heavy atom. The summed E-state index contributed by atoms with van der Waals surface area (Å²) in [5.41, 5.74) is 1.19. The molecule has 7 heteroatoms. The smallest absolute Gasteiger partial charge is 0.278 e. The van der Waals surface area contributed by atoms with Crippen LogP contribution < -0.4 is 0 Å². The van der Waals surface area contributed by atoms with Crippen molar-refractivity contribution in [1.29, 1.82) is 0 Å². The lowest BCUT2D eigenvalue weighted by atomic mass is 9.94. The predicted molar refractivity (Wildman–Crippen MR) is 105 cm³/mol. The summed E-state index contributed by atoms with van der Waals surface area (Å²) in [5.74, 6) is -0.215. The molecule has 2 aliphatic heterocycles. The largest absolute Gasteiger partial charge is 0.395 e. The number of aliphatic hydroxyl groups is 1. The molecule has 1 aromatic rings. The van der Waals surface area contributed by atoms with Crippen molar-refractivity contribution in [3.05, 3.63) is 28.1 Å². The third-order valence-electron chi connectivity index (χ3n) is 5.90. The van der Waals surface area contributed by atoms with Gasteiger partial charge in [0, 0.05) is 43.6 Å². The van der Waals surface area contributed by atoms with E-state index >= 15 is 0 Å². The van der Waals surface area contributed by atoms with Crippen molar-refractivity contribution in [2.24, 2.45) is 0 Å². The van der Waals surface area contributed by atoms with E-state index in [0.717, 1.165) is 43.6 Å². The Labute approximate surface area is 164 Å². The number of amides is 2. The second kappa shape index (κ2) is 8.12. The maximum absolute atomic E-state index is 13.4. The summed E-state index contributed by atoms with van der Waals surface area (Å²) in [5, 5.41) is 11.1. The number of thiophene rings is 1. The molecule has 0 radical (unpaired) electrons. The first-order chi connectivity index (χ1) is 13.2. The molecular formula is C20H27N3O3S. The van der Waals surface area contributed by atoms with Gasteiger partial charge in [-0.1, -0.05) is 25.3 Å². The Morgan fingerprint density at radius 2 is 1.78 bits per heavy atom. The average molecular weight is 390 g/mol. The van der Waals surface area contributed by atoms with E-state index in [4.69, 9.17) is 5.11 Å². The van der Waals surface area contributed by atoms with Crippen LogP contribution >= 0.6 is 11.3 Å². The van der Waals surface area contributed by atoms with E-state index < -0.39 is 0 Å². The van der Waals surface area contributed by atoms with Gasteiger partial charge in [0.15, 0.2) is 0 Å². The number of β-amino-alcohol motifs (C(OH)–C–C–N with tert-alkyl or cyclic N) is 1. The monoisotopic (exact) mass is 389 g/mol. The van der Waals surface area contributed by atoms with Gasteiger partial charge >= 0.3 is 0 Å². The van der Waals surface area contributed by atoms with Crippen molar-refractivity contribution in [2.45, 2.75) is 38.1 Å². The second-order valence-electron chi connectivity index (χ2n) is 7.53. The molecule has 1 aromatic heterocycles. The third-order valence-corrected chi connectivity index (χ3v) is 6.79. The summed E-state index contributed by atoms with van der Waals surface area (Å²) in [4.78, 5) is 33.4. The first kappa shape index (κ1) is 18.7. The minimum absolute atomic E-state index is 0.0434. The minimum Gasteiger partial charge on any atom is -0.395 e. The predicted octanol–water partition coefficient (Wildman–Crippen LogP) is 1.77. The minimum atomic E-state index is -0.109. The SMILES string of the molecule is O=C1C(c2cccs2)=C(N2CCN(CCO)CC2)C(=O)N1C1CCCCC1. The van der Waals surface area contributed by atoms with Crippen LogP contribution in [0.1, 0.15) is 37.0 Å². The lowest BCUT2D eigenvalue weighted by Crippen LogP contribution is -2.49. The summed E-state index contributed by atoms with van der Waals surface area (Å²) in [7, 11) is 0. The van der Waals surface area contributed by atoms with Crippen LogP contribution in [0.25, 0.3) is 5.57 Å². The van der Waals surface area contributed by atoms with E-state index in [1.165, 1.54) is 17.8 Å². The van der Waals surface area contributed by atoms with Gasteiger partial charge in [0.25, 0.3) is 11.8 Å². The molecule has 146 valence electrons. The molecule has 4 rings (SSSR count). The van der Waals surface area contributed by atoms with E-state index in [1.54, 1.807) is 4.90 Å². The lowest BCUT2D eigenvalue weighted by Gasteiger charge is -2.36. The molecule has 1 saturated carbocycles. The normalized spacial score (nSPS) is 23.0. The first-order valence-electron chi connectivity index (χ1n) is 9.95. The molecule has 27 heavy (non-hydrogen) atoms. The Bertz CT molecular complexity index is 717. The highest BCUT2D eigenvalue weighted by atomic mass is 32.1. The summed E-state index contributed by atoms with van der Waals surface area (Å²) in [6, 6.07) is 3.92. The summed E-state index contributed by atoms with van der Waals surface area (Å²) >= 11 is 1.52. The number of carbonyl (C=O) groups is 2. The molecule has 3 heterocycles. The van der Waals surface area contributed by atoms with Crippen LogP contribution in [-0.2, 0) is 9.59 Å². The zero-order valence-electron chi connectivity index (χ0n) is 15.6. The summed E-state index contributed by atoms with van der Waals surface area (Å²) in [6.07, 6.45) is 5.22. The average Bonchev–Trinajstić information content (AvgIpc) is 3.30. The fourth-order valence-electron chi connectivity index (χ4n) is 4.48. The van der Waals surface area contributed by atoms with Crippen molar-refractivity contribution >= 4 is 28.7 Å². The highest BCUT2D eigenvalue weighted by Gasteiger charge is 2.45. The van der Waals surface area contributed by atoms with E-state index in [9.17, 15) is 9.59 Å². The van der Waals surface area contributed by atoms with Crippen molar-refractivity contribution in [3.8, 4) is 0 Å². The summed E-state index contributed by atoms with van der Waals surface area (Å²) < 4.78 is 0. The molecule has 0 spiro atoms. The number of rotatable bonds is 5. The third kappa shape index (κ3) is 3.56. The molecule has 0 unspecified atom stereocenters. The van der Waals surface area contributed by atoms with Crippen molar-refractivity contribution in [1.82, 2.24) is 14.7 Å². The molecule has 2 amide bonds. The van der Waals surface area contributed by atoms with E-state index in [1.807, 2.05) is 17.5 Å². The van der Waals surface area contributed by atoms with Crippen LogP contribution in [0.5, 0.6) is 0 Å². The lowest BCUT2D eigenvalue weighted by molar-refractivity contribution is -0.141. The molecule has 6 nitrogen and oxygen atoms in total. The van der Waals surface area contributed by atoms with Gasteiger partial charge in [-0.15, -0.1) is 11.3 Å². The first-order valence-corrected chi connectivity index (χ1v) is 10.8. The van der Waals surface area contributed by atoms with E-state index in [-0.39, 0.29) is 24.5 Å². The molecule has 0 aromatic carbocycles. The number of hydrogen-bond acceptors (Lipinski definition) is 6. The number of imide groups is 1. The molecule has 1 aliphatic carbocycles. The maximum atomic E-state index is 13.4. The zero-order valence-corrected chi connectivity index (χ0v) is 16.4. The van der Waals surface area contributed by atoms with E-state index in [0.29, 0.717) is 30.9 Å². The highest BCUT2D eigenvalue weighted by molar-refractivity contribution is 7.11. The van der Waals surface area contributed by atoms with Gasteiger partial charge in [0.2, 0.25) is 0 Å². The van der Waals surface area contributed by atoms with Gasteiger partial charge in [-0.25, -0.2) is 0 Å². The molecule has 2 fully saturated rings. The van der Waals surface area contributed by atoms with Crippen molar-refractivity contribution in [3.63, 3.8) is 0 Å². The van der Waals surface area contributed by atoms with Gasteiger partial charge < -0.3 is 10.0 Å². The molecule has 1 saturated heterocycles. The fraction of sp³-hybridized carbons (Fsp3) is 0.600. The topological polar surface area (TPSA) is 64.1 Å². The van der Waals surface area contributed by atoms with Crippen LogP contribution in [-0.4, -0.2) is 77.0 Å². The van der Waals surface area contributed by atoms with Crippen LogP contribution in [0.15, 0.2) is 23.2 Å². The molecular weight excluding hydrogens is 362 g/mol. The van der Waals surface area contributed by atoms with Gasteiger partial charge in [-0.05, 0) is 24.3 Å². The summed E-state index contributed by atoms with van der Waals surface area (Å²) in [6.45, 7) is 3.82. The molecule has 1 N–H and O–H groups in total. The standard InChI is InChI=1S/C20H27N3O3S/c24-13-12-21-8-10-22(11-9-21)18-17(16-7-4-14-27-16)19(25)23(20(18)26)15-5-2-1-3-6-15/h4,7,14-15,24H,1-3,5-6,8-13H2. The van der Waals surface area contributed by atoms with Crippen LogP contribution in [0.2, 0.25) is 0 Å².